The molecule has 0 radical (unpaired) electrons. The Labute approximate surface area is 110 Å². The van der Waals surface area contributed by atoms with Gasteiger partial charge in [-0.15, -0.1) is 0 Å². The molecule has 1 aromatic rings. The lowest BCUT2D eigenvalue weighted by Crippen LogP contribution is -2.20. The average Bonchev–Trinajstić information content (AvgIpc) is 2.45. The van der Waals surface area contributed by atoms with Gasteiger partial charge in [0.1, 0.15) is 0 Å². The first-order valence-corrected chi connectivity index (χ1v) is 7.17. The van der Waals surface area contributed by atoms with Gasteiger partial charge in [0.15, 0.2) is 0 Å². The third-order valence-corrected chi connectivity index (χ3v) is 3.44. The molecule has 3 nitrogen and oxygen atoms in total. The van der Waals surface area contributed by atoms with E-state index in [0.29, 0.717) is 6.10 Å². The highest BCUT2D eigenvalue weighted by atomic mass is 16.5. The molecule has 1 aliphatic rings. The molecule has 2 rings (SSSR count). The fraction of sp³-hybridized carbons (Fsp3) is 0.667. The standard InChI is InChI=1S/C15H24N2O/c1-2-8-15(9-3-1)18-12-6-10-16-13-14-7-4-5-11-17-14/h4-5,7,11,15-16H,1-3,6,8-10,12-13H2. The molecule has 3 heteroatoms. The van der Waals surface area contributed by atoms with E-state index in [2.05, 4.69) is 10.3 Å². The van der Waals surface area contributed by atoms with E-state index in [9.17, 15) is 0 Å². The minimum Gasteiger partial charge on any atom is -0.378 e. The van der Waals surface area contributed by atoms with Crippen molar-refractivity contribution in [2.75, 3.05) is 13.2 Å². The topological polar surface area (TPSA) is 34.1 Å². The molecule has 0 aliphatic heterocycles. The van der Waals surface area contributed by atoms with E-state index in [1.165, 1.54) is 32.1 Å². The molecule has 1 heterocycles. The highest BCUT2D eigenvalue weighted by Gasteiger charge is 2.12. The molecule has 1 saturated carbocycles. The molecule has 1 aromatic heterocycles. The van der Waals surface area contributed by atoms with Crippen LogP contribution in [0.3, 0.4) is 0 Å². The SMILES string of the molecule is c1ccc(CNCCCOC2CCCCC2)nc1. The molecule has 18 heavy (non-hydrogen) atoms. The molecule has 0 saturated heterocycles. The van der Waals surface area contributed by atoms with Crippen molar-refractivity contribution in [3.63, 3.8) is 0 Å². The third kappa shape index (κ3) is 5.15. The van der Waals surface area contributed by atoms with Crippen LogP contribution in [0.4, 0.5) is 0 Å². The minimum absolute atomic E-state index is 0.537. The summed E-state index contributed by atoms with van der Waals surface area (Å²) in [5.74, 6) is 0. The van der Waals surface area contributed by atoms with Gasteiger partial charge >= 0.3 is 0 Å². The Kier molecular flexibility index (Phi) is 6.17. The number of pyridine rings is 1. The number of aromatic nitrogens is 1. The van der Waals surface area contributed by atoms with Crippen LogP contribution in [0.2, 0.25) is 0 Å². The van der Waals surface area contributed by atoms with Gasteiger partial charge in [0.25, 0.3) is 0 Å². The highest BCUT2D eigenvalue weighted by Crippen LogP contribution is 2.20. The molecule has 0 amide bonds. The third-order valence-electron chi connectivity index (χ3n) is 3.44. The smallest absolute Gasteiger partial charge is 0.0575 e. The number of hydrogen-bond acceptors (Lipinski definition) is 3. The zero-order valence-electron chi connectivity index (χ0n) is 11.1. The Morgan fingerprint density at radius 3 is 2.89 bits per heavy atom. The summed E-state index contributed by atoms with van der Waals surface area (Å²) in [4.78, 5) is 4.28. The maximum absolute atomic E-state index is 5.88. The molecular weight excluding hydrogens is 224 g/mol. The normalized spacial score (nSPS) is 16.9. The van der Waals surface area contributed by atoms with Crippen LogP contribution in [0.1, 0.15) is 44.2 Å². The molecule has 0 spiro atoms. The van der Waals surface area contributed by atoms with Crippen molar-refractivity contribution in [3.8, 4) is 0 Å². The van der Waals surface area contributed by atoms with Gasteiger partial charge in [-0.2, -0.15) is 0 Å². The number of rotatable bonds is 7. The van der Waals surface area contributed by atoms with Crippen LogP contribution in [-0.4, -0.2) is 24.2 Å². The van der Waals surface area contributed by atoms with Crippen LogP contribution in [0.15, 0.2) is 24.4 Å². The van der Waals surface area contributed by atoms with Gasteiger partial charge < -0.3 is 10.1 Å². The molecule has 1 fully saturated rings. The molecule has 100 valence electrons. The van der Waals surface area contributed by atoms with Crippen molar-refractivity contribution < 1.29 is 4.74 Å². The van der Waals surface area contributed by atoms with Crippen LogP contribution >= 0.6 is 0 Å². The Bertz CT molecular complexity index is 310. The summed E-state index contributed by atoms with van der Waals surface area (Å²) in [6, 6.07) is 6.02. The average molecular weight is 248 g/mol. The summed E-state index contributed by atoms with van der Waals surface area (Å²) in [5, 5.41) is 3.40. The van der Waals surface area contributed by atoms with Crippen molar-refractivity contribution in [1.29, 1.82) is 0 Å². The second-order valence-electron chi connectivity index (χ2n) is 4.98. The van der Waals surface area contributed by atoms with Gasteiger partial charge in [-0.1, -0.05) is 25.3 Å². The van der Waals surface area contributed by atoms with Crippen molar-refractivity contribution >= 4 is 0 Å². The van der Waals surface area contributed by atoms with Gasteiger partial charge in [0.2, 0.25) is 0 Å². The molecule has 0 bridgehead atoms. The number of nitrogens with zero attached hydrogens (tertiary/aromatic N) is 1. The lowest BCUT2D eigenvalue weighted by Gasteiger charge is -2.21. The summed E-state index contributed by atoms with van der Waals surface area (Å²) in [6.45, 7) is 2.74. The Balaban J connectivity index is 1.46. The van der Waals surface area contributed by atoms with Crippen LogP contribution in [0.25, 0.3) is 0 Å². The van der Waals surface area contributed by atoms with E-state index in [1.807, 2.05) is 24.4 Å². The van der Waals surface area contributed by atoms with E-state index in [0.717, 1.165) is 31.8 Å². The Morgan fingerprint density at radius 1 is 1.22 bits per heavy atom. The molecule has 0 aromatic carbocycles. The molecular formula is C15H24N2O. The monoisotopic (exact) mass is 248 g/mol. The molecule has 1 N–H and O–H groups in total. The number of nitrogens with one attached hydrogen (secondary N) is 1. The van der Waals surface area contributed by atoms with E-state index >= 15 is 0 Å². The molecule has 1 aliphatic carbocycles. The summed E-state index contributed by atoms with van der Waals surface area (Å²) in [6.07, 6.45) is 10.1. The number of ether oxygens (including phenoxy) is 1. The first-order chi connectivity index (χ1) is 8.95. The predicted molar refractivity (Wildman–Crippen MR) is 73.4 cm³/mol. The van der Waals surface area contributed by atoms with Gasteiger partial charge in [-0.05, 0) is 37.9 Å². The summed E-state index contributed by atoms with van der Waals surface area (Å²) in [5.41, 5.74) is 1.10. The molecule has 0 unspecified atom stereocenters. The lowest BCUT2D eigenvalue weighted by atomic mass is 9.98. The van der Waals surface area contributed by atoms with Gasteiger partial charge in [-0.3, -0.25) is 4.98 Å². The lowest BCUT2D eigenvalue weighted by molar-refractivity contribution is 0.0273. The van der Waals surface area contributed by atoms with E-state index in [1.54, 1.807) is 0 Å². The van der Waals surface area contributed by atoms with Crippen molar-refractivity contribution in [2.45, 2.75) is 51.2 Å². The zero-order valence-corrected chi connectivity index (χ0v) is 11.1. The van der Waals surface area contributed by atoms with Crippen LogP contribution in [0, 0.1) is 0 Å². The Hall–Kier alpha value is -0.930. The maximum atomic E-state index is 5.88. The van der Waals surface area contributed by atoms with Gasteiger partial charge in [-0.25, -0.2) is 0 Å². The van der Waals surface area contributed by atoms with Gasteiger partial charge in [0, 0.05) is 19.3 Å². The van der Waals surface area contributed by atoms with E-state index in [-0.39, 0.29) is 0 Å². The van der Waals surface area contributed by atoms with Crippen molar-refractivity contribution in [1.82, 2.24) is 10.3 Å². The second-order valence-corrected chi connectivity index (χ2v) is 4.98. The first-order valence-electron chi connectivity index (χ1n) is 7.17. The Morgan fingerprint density at radius 2 is 2.11 bits per heavy atom. The predicted octanol–water partition coefficient (Wildman–Crippen LogP) is 2.91. The first kappa shape index (κ1) is 13.5. The zero-order chi connectivity index (χ0) is 12.5. The maximum Gasteiger partial charge on any atom is 0.0575 e. The number of hydrogen-bond donors (Lipinski definition) is 1. The van der Waals surface area contributed by atoms with Crippen LogP contribution < -0.4 is 5.32 Å². The highest BCUT2D eigenvalue weighted by molar-refractivity contribution is 5.02. The largest absolute Gasteiger partial charge is 0.378 e. The van der Waals surface area contributed by atoms with Crippen LogP contribution in [0.5, 0.6) is 0 Å². The molecule has 0 atom stereocenters. The van der Waals surface area contributed by atoms with Crippen molar-refractivity contribution in [2.24, 2.45) is 0 Å². The van der Waals surface area contributed by atoms with Gasteiger partial charge in [0.05, 0.1) is 11.8 Å². The van der Waals surface area contributed by atoms with E-state index < -0.39 is 0 Å². The quantitative estimate of drug-likeness (QED) is 0.753. The fourth-order valence-electron chi connectivity index (χ4n) is 2.40. The summed E-state index contributed by atoms with van der Waals surface area (Å²) >= 11 is 0. The minimum atomic E-state index is 0.537. The van der Waals surface area contributed by atoms with Crippen molar-refractivity contribution in [3.05, 3.63) is 30.1 Å². The summed E-state index contributed by atoms with van der Waals surface area (Å²) < 4.78 is 5.88. The van der Waals surface area contributed by atoms with E-state index in [4.69, 9.17) is 4.74 Å². The van der Waals surface area contributed by atoms with Crippen LogP contribution in [-0.2, 0) is 11.3 Å². The second kappa shape index (κ2) is 8.22. The summed E-state index contributed by atoms with van der Waals surface area (Å²) in [7, 11) is 0. The fourth-order valence-corrected chi connectivity index (χ4v) is 2.40.